The number of quaternary nitrogens is 1. The van der Waals surface area contributed by atoms with E-state index in [4.69, 9.17) is 9.05 Å². The number of nitrogens with zero attached hydrogens (tertiary/aromatic N) is 1. The van der Waals surface area contributed by atoms with Gasteiger partial charge in [-0.2, -0.15) is 0 Å². The summed E-state index contributed by atoms with van der Waals surface area (Å²) in [6.07, 6.45) is 0.484. The van der Waals surface area contributed by atoms with Gasteiger partial charge in [0.1, 0.15) is 0 Å². The van der Waals surface area contributed by atoms with Crippen molar-refractivity contribution in [1.29, 1.82) is 0 Å². The van der Waals surface area contributed by atoms with Gasteiger partial charge in [-0.1, -0.05) is 0 Å². The van der Waals surface area contributed by atoms with E-state index in [1.165, 1.54) is 0 Å². The second-order valence-electron chi connectivity index (χ2n) is 4.18. The van der Waals surface area contributed by atoms with Crippen molar-refractivity contribution in [1.82, 2.24) is 0 Å². The predicted octanol–water partition coefficient (Wildman–Crippen LogP) is -1.04. The molecule has 0 aliphatic rings. The molecule has 0 saturated carbocycles. The molecule has 0 rings (SSSR count). The normalized spacial score (nSPS) is 12.3. The van der Waals surface area contributed by atoms with Crippen LogP contribution in [-0.4, -0.2) is 51.5 Å². The average molecular weight is 304 g/mol. The highest BCUT2D eigenvalue weighted by molar-refractivity contribution is 7.53. The van der Waals surface area contributed by atoms with Gasteiger partial charge in [0.05, 0.1) is 47.1 Å². The van der Waals surface area contributed by atoms with Crippen molar-refractivity contribution in [3.8, 4) is 0 Å². The zero-order valence-electron chi connectivity index (χ0n) is 10.3. The summed E-state index contributed by atoms with van der Waals surface area (Å²) in [6, 6.07) is 0. The monoisotopic (exact) mass is 303 g/mol. The van der Waals surface area contributed by atoms with Crippen LogP contribution in [0.5, 0.6) is 0 Å². The standard InChI is InChI=1S/C9H23NO3P.BrH/c1-6-12-14(11,13-7-2)9-8-10(3,4)5;/h6-9H2,1-5H3;1H/q+1;/p-1. The molecule has 0 aromatic heterocycles. The van der Waals surface area contributed by atoms with Crippen LogP contribution < -0.4 is 17.0 Å². The SMILES string of the molecule is CCOP(=O)(CC[N+](C)(C)C)OCC.[Br-]. The average Bonchev–Trinajstić information content (AvgIpc) is 2.01. The van der Waals surface area contributed by atoms with Crippen LogP contribution >= 0.6 is 7.60 Å². The van der Waals surface area contributed by atoms with Crippen molar-refractivity contribution in [3.63, 3.8) is 0 Å². The van der Waals surface area contributed by atoms with Crippen molar-refractivity contribution in [2.75, 3.05) is 47.1 Å². The Morgan fingerprint density at radius 1 is 1.07 bits per heavy atom. The van der Waals surface area contributed by atoms with Crippen molar-refractivity contribution < 1.29 is 35.1 Å². The van der Waals surface area contributed by atoms with Crippen molar-refractivity contribution in [3.05, 3.63) is 0 Å². The van der Waals surface area contributed by atoms with Gasteiger partial charge in [0.2, 0.25) is 0 Å². The van der Waals surface area contributed by atoms with Gasteiger partial charge in [-0.15, -0.1) is 0 Å². The first-order valence-corrected chi connectivity index (χ1v) is 6.74. The van der Waals surface area contributed by atoms with Crippen LogP contribution in [0.4, 0.5) is 0 Å². The van der Waals surface area contributed by atoms with Gasteiger partial charge in [-0.25, -0.2) is 0 Å². The molecule has 94 valence electrons. The zero-order valence-corrected chi connectivity index (χ0v) is 12.8. The van der Waals surface area contributed by atoms with Crippen molar-refractivity contribution in [2.45, 2.75) is 13.8 Å². The Hall–Kier alpha value is 0.590. The summed E-state index contributed by atoms with van der Waals surface area (Å²) < 4.78 is 23.2. The highest BCUT2D eigenvalue weighted by atomic mass is 79.9. The topological polar surface area (TPSA) is 35.5 Å². The fraction of sp³-hybridized carbons (Fsp3) is 1.00. The molecule has 0 atom stereocenters. The Labute approximate surface area is 104 Å². The molecule has 0 radical (unpaired) electrons. The first-order valence-electron chi connectivity index (χ1n) is 5.01. The summed E-state index contributed by atoms with van der Waals surface area (Å²) in [5.74, 6) is 0. The van der Waals surface area contributed by atoms with E-state index in [9.17, 15) is 4.57 Å². The molecule has 4 nitrogen and oxygen atoms in total. The lowest BCUT2D eigenvalue weighted by Crippen LogP contribution is -3.00. The van der Waals surface area contributed by atoms with Crippen LogP contribution in [0, 0.1) is 0 Å². The second kappa shape index (κ2) is 7.80. The van der Waals surface area contributed by atoms with Crippen molar-refractivity contribution >= 4 is 7.60 Å². The first-order chi connectivity index (χ1) is 6.33. The lowest BCUT2D eigenvalue weighted by atomic mass is 10.6. The largest absolute Gasteiger partial charge is 1.00 e. The van der Waals surface area contributed by atoms with E-state index >= 15 is 0 Å². The molecule has 0 spiro atoms. The molecule has 0 saturated heterocycles. The highest BCUT2D eigenvalue weighted by Gasteiger charge is 2.26. The Morgan fingerprint density at radius 3 is 1.73 bits per heavy atom. The molecule has 0 unspecified atom stereocenters. The number of hydrogen-bond donors (Lipinski definition) is 0. The fourth-order valence-corrected chi connectivity index (χ4v) is 2.95. The van der Waals surface area contributed by atoms with Gasteiger partial charge in [-0.05, 0) is 13.8 Å². The molecule has 6 heteroatoms. The van der Waals surface area contributed by atoms with Gasteiger partial charge in [-0.3, -0.25) is 4.57 Å². The number of rotatable bonds is 7. The summed E-state index contributed by atoms with van der Waals surface area (Å²) in [7, 11) is 3.34. The molecule has 0 aliphatic carbocycles. The summed E-state index contributed by atoms with van der Waals surface area (Å²) in [5, 5.41) is 0. The highest BCUT2D eigenvalue weighted by Crippen LogP contribution is 2.47. The number of hydrogen-bond acceptors (Lipinski definition) is 3. The molecule has 0 heterocycles. The Morgan fingerprint density at radius 2 is 1.47 bits per heavy atom. The third-order valence-corrected chi connectivity index (χ3v) is 3.75. The van der Waals surface area contributed by atoms with Gasteiger partial charge in [0.15, 0.2) is 0 Å². The lowest BCUT2D eigenvalue weighted by Gasteiger charge is -2.26. The molecule has 0 aliphatic heterocycles. The maximum atomic E-state index is 12.0. The Bertz CT molecular complexity index is 196. The number of halogens is 1. The van der Waals surface area contributed by atoms with Gasteiger partial charge < -0.3 is 30.5 Å². The predicted molar refractivity (Wildman–Crippen MR) is 58.6 cm³/mol. The van der Waals surface area contributed by atoms with E-state index in [1.807, 2.05) is 13.8 Å². The minimum Gasteiger partial charge on any atom is -1.00 e. The molecule has 0 N–H and O–H groups in total. The van der Waals surface area contributed by atoms with Crippen LogP contribution in [0.25, 0.3) is 0 Å². The van der Waals surface area contributed by atoms with Crippen LogP contribution in [0.3, 0.4) is 0 Å². The van der Waals surface area contributed by atoms with Crippen LogP contribution in [0.1, 0.15) is 13.8 Å². The van der Waals surface area contributed by atoms with E-state index < -0.39 is 7.60 Å². The first kappa shape index (κ1) is 18.0. The van der Waals surface area contributed by atoms with Crippen molar-refractivity contribution in [2.24, 2.45) is 0 Å². The quantitative estimate of drug-likeness (QED) is 0.445. The van der Waals surface area contributed by atoms with Gasteiger partial charge in [0.25, 0.3) is 0 Å². The summed E-state index contributed by atoms with van der Waals surface area (Å²) in [5.41, 5.74) is 0. The lowest BCUT2D eigenvalue weighted by molar-refractivity contribution is -0.867. The van der Waals surface area contributed by atoms with E-state index in [0.29, 0.717) is 19.4 Å². The van der Waals surface area contributed by atoms with Crippen LogP contribution in [-0.2, 0) is 13.6 Å². The van der Waals surface area contributed by atoms with E-state index in [2.05, 4.69) is 21.1 Å². The second-order valence-corrected chi connectivity index (χ2v) is 6.37. The summed E-state index contributed by atoms with van der Waals surface area (Å²) in [4.78, 5) is 0. The molecule has 15 heavy (non-hydrogen) atoms. The van der Waals surface area contributed by atoms with E-state index in [0.717, 1.165) is 11.0 Å². The van der Waals surface area contributed by atoms with Crippen LogP contribution in [0.2, 0.25) is 0 Å². The minimum atomic E-state index is -2.83. The molecule has 0 aromatic carbocycles. The maximum absolute atomic E-state index is 12.0. The molecule has 0 fully saturated rings. The van der Waals surface area contributed by atoms with Gasteiger partial charge >= 0.3 is 7.60 Å². The Kier molecular flexibility index (Phi) is 9.34. The van der Waals surface area contributed by atoms with Crippen LogP contribution in [0.15, 0.2) is 0 Å². The van der Waals surface area contributed by atoms with E-state index in [-0.39, 0.29) is 17.0 Å². The maximum Gasteiger partial charge on any atom is 0.336 e. The smallest absolute Gasteiger partial charge is 0.336 e. The molecule has 0 amide bonds. The zero-order chi connectivity index (χ0) is 11.2. The third-order valence-electron chi connectivity index (χ3n) is 1.70. The molecule has 0 bridgehead atoms. The Balaban J connectivity index is 0. The molecular formula is C9H23BrNO3P. The van der Waals surface area contributed by atoms with E-state index in [1.54, 1.807) is 0 Å². The molecular weight excluding hydrogens is 281 g/mol. The summed E-state index contributed by atoms with van der Waals surface area (Å²) >= 11 is 0. The van der Waals surface area contributed by atoms with Gasteiger partial charge in [0, 0.05) is 0 Å². The third kappa shape index (κ3) is 9.52. The minimum absolute atomic E-state index is 0. The summed E-state index contributed by atoms with van der Waals surface area (Å²) in [6.45, 7) is 5.33. The fourth-order valence-electron chi connectivity index (χ4n) is 0.982. The molecule has 0 aromatic rings.